The maximum Gasteiger partial charge on any atom is 0.0415 e. The predicted molar refractivity (Wildman–Crippen MR) is 86.0 cm³/mol. The van der Waals surface area contributed by atoms with Crippen molar-refractivity contribution in [1.29, 1.82) is 0 Å². The van der Waals surface area contributed by atoms with Crippen molar-refractivity contribution in [2.75, 3.05) is 0 Å². The fourth-order valence-electron chi connectivity index (χ4n) is 0.612. The van der Waals surface area contributed by atoms with Crippen LogP contribution in [0.5, 0.6) is 0 Å². The minimum absolute atomic E-state index is 0. The van der Waals surface area contributed by atoms with Gasteiger partial charge >= 0.3 is 0 Å². The molecule has 0 nitrogen and oxygen atoms in total. The summed E-state index contributed by atoms with van der Waals surface area (Å²) in [6.45, 7) is 17.0. The molecule has 0 aliphatic heterocycles. The molecular weight excluding hydrogens is 212 g/mol. The van der Waals surface area contributed by atoms with E-state index in [0.717, 1.165) is 5.92 Å². The average Bonchev–Trinajstić information content (AvgIpc) is 2.16. The molecular formula is C13H36Si2. The molecule has 0 aromatic carbocycles. The summed E-state index contributed by atoms with van der Waals surface area (Å²) in [7, 11) is 0.559. The zero-order valence-electron chi connectivity index (χ0n) is 11.4. The molecule has 0 saturated heterocycles. The van der Waals surface area contributed by atoms with Crippen molar-refractivity contribution in [3.63, 3.8) is 0 Å². The van der Waals surface area contributed by atoms with Gasteiger partial charge in [-0.3, -0.25) is 0 Å². The third kappa shape index (κ3) is 78.5. The summed E-state index contributed by atoms with van der Waals surface area (Å²) in [6, 6.07) is 1.54. The van der Waals surface area contributed by atoms with Crippen LogP contribution in [0.15, 0.2) is 12.3 Å². The van der Waals surface area contributed by atoms with Crippen molar-refractivity contribution in [3.05, 3.63) is 12.3 Å². The highest BCUT2D eigenvalue weighted by Gasteiger charge is 1.89. The fourth-order valence-corrected chi connectivity index (χ4v) is 1.84. The normalized spacial score (nSPS) is 9.27. The number of hydrogen-bond donors (Lipinski definition) is 0. The van der Waals surface area contributed by atoms with Crippen LogP contribution in [0, 0.1) is 5.92 Å². The topological polar surface area (TPSA) is 0 Å². The van der Waals surface area contributed by atoms with Crippen molar-refractivity contribution in [2.45, 2.75) is 67.1 Å². The zero-order chi connectivity index (χ0) is 11.8. The predicted octanol–water partition coefficient (Wildman–Crippen LogP) is 4.07. The molecule has 0 unspecified atom stereocenters. The molecule has 0 fully saturated rings. The summed E-state index contributed by atoms with van der Waals surface area (Å²) in [6.07, 6.45) is 2.71. The Bertz CT molecular complexity index is 80.6. The molecule has 0 amide bonds. The lowest BCUT2D eigenvalue weighted by Gasteiger charge is -1.98. The first-order valence-corrected chi connectivity index (χ1v) is 10.9. The zero-order valence-corrected chi connectivity index (χ0v) is 14.2. The lowest BCUT2D eigenvalue weighted by Crippen LogP contribution is -1.88. The van der Waals surface area contributed by atoms with Crippen LogP contribution in [-0.2, 0) is 0 Å². The highest BCUT2D eigenvalue weighted by molar-refractivity contribution is 6.39. The lowest BCUT2D eigenvalue weighted by molar-refractivity contribution is 0.624. The Morgan fingerprint density at radius 3 is 1.60 bits per heavy atom. The first kappa shape index (κ1) is 24.4. The van der Waals surface area contributed by atoms with Crippen molar-refractivity contribution in [1.82, 2.24) is 0 Å². The fraction of sp³-hybridized carbons (Fsp3) is 0.846. The summed E-state index contributed by atoms with van der Waals surface area (Å²) >= 11 is 0. The van der Waals surface area contributed by atoms with Gasteiger partial charge in [-0.15, -0.1) is 12.3 Å². The molecule has 0 N–H and O–H groups in total. The molecule has 0 rings (SSSR count). The minimum Gasteiger partial charge on any atom is -0.109 e. The summed E-state index contributed by atoms with van der Waals surface area (Å²) in [4.78, 5) is 0. The molecule has 15 heavy (non-hydrogen) atoms. The van der Waals surface area contributed by atoms with E-state index in [1.165, 1.54) is 18.9 Å². The molecule has 0 aromatic heterocycles. The van der Waals surface area contributed by atoms with Gasteiger partial charge in [0.2, 0.25) is 0 Å². The molecule has 0 aromatic rings. The highest BCUT2D eigenvalue weighted by atomic mass is 28.2. The molecule has 96 valence electrons. The monoisotopic (exact) mass is 248 g/mol. The number of hydrogen-bond acceptors (Lipinski definition) is 0. The van der Waals surface area contributed by atoms with Crippen LogP contribution in [-0.4, -0.2) is 19.0 Å². The van der Waals surface area contributed by atoms with Crippen LogP contribution in [0.3, 0.4) is 0 Å². The standard InChI is InChI=1S/C6H16Si.C3H8Si.C3H8.CH4/c1-6(2)4-5-7-3;1-3-4-2;1-3-2;/h6H,4-5,7H2,1-3H3;3H,1,4H2,2H3;3H2,1-2H3;1H4. The van der Waals surface area contributed by atoms with Crippen molar-refractivity contribution >= 4 is 19.0 Å². The molecule has 0 bridgehead atoms. The van der Waals surface area contributed by atoms with Crippen LogP contribution < -0.4 is 0 Å². The Balaban J connectivity index is -0.0000000654. The van der Waals surface area contributed by atoms with Gasteiger partial charge < -0.3 is 0 Å². The van der Waals surface area contributed by atoms with Gasteiger partial charge in [0.05, 0.1) is 0 Å². The second-order valence-corrected chi connectivity index (χ2v) is 7.04. The lowest BCUT2D eigenvalue weighted by atomic mass is 10.2. The molecule has 0 atom stereocenters. The SMILES string of the molecule is C.C=C[SiH2]C.CCC.C[SiH2]CCC(C)C. The molecule has 0 radical (unpaired) electrons. The van der Waals surface area contributed by atoms with E-state index >= 15 is 0 Å². The van der Waals surface area contributed by atoms with E-state index in [4.69, 9.17) is 0 Å². The largest absolute Gasteiger partial charge is 0.109 e. The Morgan fingerprint density at radius 1 is 1.20 bits per heavy atom. The summed E-state index contributed by atoms with van der Waals surface area (Å²) in [5, 5.41) is 0. The smallest absolute Gasteiger partial charge is 0.0415 e. The second kappa shape index (κ2) is 29.2. The van der Waals surface area contributed by atoms with Crippen molar-refractivity contribution in [3.8, 4) is 0 Å². The van der Waals surface area contributed by atoms with E-state index < -0.39 is 0 Å². The molecule has 0 heterocycles. The average molecular weight is 249 g/mol. The van der Waals surface area contributed by atoms with Gasteiger partial charge in [-0.2, -0.15) is 0 Å². The van der Waals surface area contributed by atoms with Gasteiger partial charge in [0, 0.05) is 19.0 Å². The summed E-state index contributed by atoms with van der Waals surface area (Å²) in [5.74, 6) is 0.937. The Kier molecular flexibility index (Phi) is 47.6. The van der Waals surface area contributed by atoms with E-state index in [9.17, 15) is 0 Å². The second-order valence-electron chi connectivity index (χ2n) is 3.94. The first-order chi connectivity index (χ1) is 6.60. The Labute approximate surface area is 105 Å². The molecule has 0 aliphatic carbocycles. The van der Waals surface area contributed by atoms with Crippen LogP contribution in [0.2, 0.25) is 19.1 Å². The maximum atomic E-state index is 3.54. The van der Waals surface area contributed by atoms with E-state index in [2.05, 4.69) is 47.4 Å². The van der Waals surface area contributed by atoms with Crippen LogP contribution in [0.1, 0.15) is 48.0 Å². The molecule has 0 saturated carbocycles. The van der Waals surface area contributed by atoms with Gasteiger partial charge in [0.25, 0.3) is 0 Å². The number of rotatable bonds is 4. The van der Waals surface area contributed by atoms with Crippen molar-refractivity contribution in [2.24, 2.45) is 5.92 Å². The minimum atomic E-state index is 0. The maximum absolute atomic E-state index is 3.54. The van der Waals surface area contributed by atoms with Gasteiger partial charge in [-0.05, 0) is 5.92 Å². The Morgan fingerprint density at radius 2 is 1.53 bits per heavy atom. The van der Waals surface area contributed by atoms with Gasteiger partial charge in [-0.25, -0.2) is 0 Å². The summed E-state index contributed by atoms with van der Waals surface area (Å²) < 4.78 is 0. The molecule has 0 aliphatic rings. The van der Waals surface area contributed by atoms with Crippen LogP contribution in [0.4, 0.5) is 0 Å². The summed E-state index contributed by atoms with van der Waals surface area (Å²) in [5.41, 5.74) is 2.01. The van der Waals surface area contributed by atoms with Gasteiger partial charge in [0.1, 0.15) is 0 Å². The van der Waals surface area contributed by atoms with E-state index in [1.54, 1.807) is 0 Å². The van der Waals surface area contributed by atoms with Gasteiger partial charge in [-0.1, -0.05) is 67.1 Å². The third-order valence-electron chi connectivity index (χ3n) is 1.42. The third-order valence-corrected chi connectivity index (χ3v) is 3.12. The van der Waals surface area contributed by atoms with Crippen molar-refractivity contribution < 1.29 is 0 Å². The van der Waals surface area contributed by atoms with Gasteiger partial charge in [0.15, 0.2) is 0 Å². The Hall–Kier alpha value is 0.174. The first-order valence-electron chi connectivity index (χ1n) is 6.21. The molecule has 0 spiro atoms. The highest BCUT2D eigenvalue weighted by Crippen LogP contribution is 2.01. The van der Waals surface area contributed by atoms with E-state index in [-0.39, 0.29) is 16.9 Å². The van der Waals surface area contributed by atoms with E-state index in [0.29, 0.717) is 9.52 Å². The molecule has 2 heteroatoms. The van der Waals surface area contributed by atoms with Crippen LogP contribution in [0.25, 0.3) is 0 Å². The quantitative estimate of drug-likeness (QED) is 0.658. The van der Waals surface area contributed by atoms with Crippen LogP contribution >= 0.6 is 0 Å². The van der Waals surface area contributed by atoms with E-state index in [1.807, 2.05) is 5.70 Å².